The Morgan fingerprint density at radius 1 is 1.45 bits per heavy atom. The molecule has 0 aliphatic carbocycles. The van der Waals surface area contributed by atoms with Crippen LogP contribution in [0.25, 0.3) is 0 Å². The third-order valence-electron chi connectivity index (χ3n) is 3.06. The summed E-state index contributed by atoms with van der Waals surface area (Å²) in [6, 6.07) is 5.63. The van der Waals surface area contributed by atoms with Crippen molar-refractivity contribution in [3.8, 4) is 0 Å². The van der Waals surface area contributed by atoms with Crippen LogP contribution in [-0.2, 0) is 0 Å². The van der Waals surface area contributed by atoms with Gasteiger partial charge in [0, 0.05) is 30.8 Å². The number of hydrogen-bond donors (Lipinski definition) is 2. The number of nitrogens with one attached hydrogen (secondary N) is 1. The zero-order valence-corrected chi connectivity index (χ0v) is 11.8. The monoisotopic (exact) mass is 280 g/mol. The van der Waals surface area contributed by atoms with Crippen molar-refractivity contribution >= 4 is 11.6 Å². The van der Waals surface area contributed by atoms with Gasteiger partial charge in [-0.1, -0.05) is 19.9 Å². The lowest BCUT2D eigenvalue weighted by molar-refractivity contribution is -0.384. The largest absolute Gasteiger partial charge is 0.396 e. The Balaban J connectivity index is 2.47. The fourth-order valence-electron chi connectivity index (χ4n) is 1.71. The number of amides is 1. The van der Waals surface area contributed by atoms with Crippen LogP contribution >= 0.6 is 0 Å². The molecular weight excluding hydrogens is 260 g/mol. The Hall–Kier alpha value is -1.95. The van der Waals surface area contributed by atoms with E-state index >= 15 is 0 Å². The van der Waals surface area contributed by atoms with Crippen LogP contribution in [-0.4, -0.2) is 29.1 Å². The highest BCUT2D eigenvalue weighted by molar-refractivity contribution is 5.94. The van der Waals surface area contributed by atoms with Gasteiger partial charge in [0.2, 0.25) is 0 Å². The summed E-state index contributed by atoms with van der Waals surface area (Å²) < 4.78 is 0. The first-order valence-corrected chi connectivity index (χ1v) is 6.49. The summed E-state index contributed by atoms with van der Waals surface area (Å²) >= 11 is 0. The second-order valence-corrected chi connectivity index (χ2v) is 5.49. The van der Waals surface area contributed by atoms with Gasteiger partial charge in [-0.3, -0.25) is 14.9 Å². The first-order valence-electron chi connectivity index (χ1n) is 6.49. The molecule has 0 aliphatic rings. The molecule has 0 spiro atoms. The van der Waals surface area contributed by atoms with Crippen molar-refractivity contribution in [2.75, 3.05) is 13.2 Å². The molecule has 0 aromatic heterocycles. The van der Waals surface area contributed by atoms with Gasteiger partial charge < -0.3 is 10.4 Å². The zero-order chi connectivity index (χ0) is 15.2. The number of nitro benzene ring substituents is 1. The highest BCUT2D eigenvalue weighted by atomic mass is 16.6. The van der Waals surface area contributed by atoms with Crippen LogP contribution < -0.4 is 5.32 Å². The average molecular weight is 280 g/mol. The maximum absolute atomic E-state index is 11.8. The van der Waals surface area contributed by atoms with E-state index in [4.69, 9.17) is 5.11 Å². The van der Waals surface area contributed by atoms with E-state index in [9.17, 15) is 14.9 Å². The Morgan fingerprint density at radius 2 is 2.15 bits per heavy atom. The maximum Gasteiger partial charge on any atom is 0.270 e. The van der Waals surface area contributed by atoms with Crippen molar-refractivity contribution < 1.29 is 14.8 Å². The summed E-state index contributed by atoms with van der Waals surface area (Å²) in [5.41, 5.74) is 0.0238. The van der Waals surface area contributed by atoms with Gasteiger partial charge in [-0.2, -0.15) is 0 Å². The van der Waals surface area contributed by atoms with Gasteiger partial charge in [0.25, 0.3) is 11.6 Å². The lowest BCUT2D eigenvalue weighted by Crippen LogP contribution is -2.26. The van der Waals surface area contributed by atoms with Gasteiger partial charge in [0.15, 0.2) is 0 Å². The predicted octanol–water partition coefficient (Wildman–Crippen LogP) is 2.12. The summed E-state index contributed by atoms with van der Waals surface area (Å²) in [5.74, 6) is -0.324. The fourth-order valence-corrected chi connectivity index (χ4v) is 1.71. The van der Waals surface area contributed by atoms with Gasteiger partial charge >= 0.3 is 0 Å². The summed E-state index contributed by atoms with van der Waals surface area (Å²) in [6.07, 6.45) is 1.53. The highest BCUT2D eigenvalue weighted by Gasteiger charge is 2.16. The van der Waals surface area contributed by atoms with Gasteiger partial charge in [-0.05, 0) is 24.3 Å². The standard InChI is InChI=1S/C14H20N2O4/c1-14(2,10-17)7-4-8-15-13(18)11-5-3-6-12(9-11)16(19)20/h3,5-6,9,17H,4,7-8,10H2,1-2H3,(H,15,18). The molecule has 6 heteroatoms. The lowest BCUT2D eigenvalue weighted by Gasteiger charge is -2.21. The smallest absolute Gasteiger partial charge is 0.270 e. The number of aliphatic hydroxyl groups is 1. The molecule has 0 saturated heterocycles. The van der Waals surface area contributed by atoms with Crippen LogP contribution in [0.5, 0.6) is 0 Å². The summed E-state index contributed by atoms with van der Waals surface area (Å²) in [4.78, 5) is 21.9. The van der Waals surface area contributed by atoms with Gasteiger partial charge in [0.1, 0.15) is 0 Å². The first kappa shape index (κ1) is 16.1. The second kappa shape index (κ2) is 7.00. The highest BCUT2D eigenvalue weighted by Crippen LogP contribution is 2.20. The number of non-ortho nitro benzene ring substituents is 1. The summed E-state index contributed by atoms with van der Waals surface area (Å²) in [7, 11) is 0. The molecule has 0 fully saturated rings. The van der Waals surface area contributed by atoms with E-state index in [-0.39, 0.29) is 29.2 Å². The molecule has 0 aliphatic heterocycles. The van der Waals surface area contributed by atoms with E-state index in [2.05, 4.69) is 5.32 Å². The molecule has 20 heavy (non-hydrogen) atoms. The van der Waals surface area contributed by atoms with Gasteiger partial charge in [-0.25, -0.2) is 0 Å². The SMILES string of the molecule is CC(C)(CO)CCCNC(=O)c1cccc([N+](=O)[O-])c1. The minimum Gasteiger partial charge on any atom is -0.396 e. The molecule has 2 N–H and O–H groups in total. The molecular formula is C14H20N2O4. The molecule has 1 aromatic carbocycles. The minimum atomic E-state index is -0.527. The fraction of sp³-hybridized carbons (Fsp3) is 0.500. The molecule has 0 saturated carbocycles. The Labute approximate surface area is 118 Å². The normalized spacial score (nSPS) is 11.2. The third-order valence-corrected chi connectivity index (χ3v) is 3.06. The van der Waals surface area contributed by atoms with Crippen molar-refractivity contribution in [2.45, 2.75) is 26.7 Å². The van der Waals surface area contributed by atoms with Crippen molar-refractivity contribution in [1.29, 1.82) is 0 Å². The Morgan fingerprint density at radius 3 is 2.75 bits per heavy atom. The number of carbonyl (C=O) groups excluding carboxylic acids is 1. The molecule has 0 heterocycles. The minimum absolute atomic E-state index is 0.0981. The molecule has 6 nitrogen and oxygen atoms in total. The molecule has 0 radical (unpaired) electrons. The molecule has 0 atom stereocenters. The van der Waals surface area contributed by atoms with E-state index in [1.165, 1.54) is 18.2 Å². The average Bonchev–Trinajstić information content (AvgIpc) is 2.43. The molecule has 1 aromatic rings. The van der Waals surface area contributed by atoms with E-state index in [0.29, 0.717) is 6.54 Å². The Kier molecular flexibility index (Phi) is 5.64. The van der Waals surface area contributed by atoms with Crippen molar-refractivity contribution in [2.24, 2.45) is 5.41 Å². The molecule has 110 valence electrons. The van der Waals surface area contributed by atoms with Crippen LogP contribution in [0.2, 0.25) is 0 Å². The van der Waals surface area contributed by atoms with Crippen molar-refractivity contribution in [3.05, 3.63) is 39.9 Å². The van der Waals surface area contributed by atoms with Crippen LogP contribution in [0.1, 0.15) is 37.0 Å². The number of rotatable bonds is 7. The van der Waals surface area contributed by atoms with Crippen LogP contribution in [0.15, 0.2) is 24.3 Å². The van der Waals surface area contributed by atoms with E-state index in [0.717, 1.165) is 12.8 Å². The topological polar surface area (TPSA) is 92.5 Å². The Bertz CT molecular complexity index is 486. The zero-order valence-electron chi connectivity index (χ0n) is 11.8. The number of nitro groups is 1. The van der Waals surface area contributed by atoms with Crippen LogP contribution in [0.3, 0.4) is 0 Å². The molecule has 0 bridgehead atoms. The summed E-state index contributed by atoms with van der Waals surface area (Å²) in [6.45, 7) is 4.49. The van der Waals surface area contributed by atoms with E-state index in [1.54, 1.807) is 6.07 Å². The maximum atomic E-state index is 11.8. The lowest BCUT2D eigenvalue weighted by atomic mass is 9.89. The van der Waals surface area contributed by atoms with Crippen LogP contribution in [0, 0.1) is 15.5 Å². The van der Waals surface area contributed by atoms with Crippen LogP contribution in [0.4, 0.5) is 5.69 Å². The second-order valence-electron chi connectivity index (χ2n) is 5.49. The first-order chi connectivity index (χ1) is 9.35. The van der Waals surface area contributed by atoms with Gasteiger partial charge in [-0.15, -0.1) is 0 Å². The van der Waals surface area contributed by atoms with E-state index in [1.807, 2.05) is 13.8 Å². The van der Waals surface area contributed by atoms with Crippen molar-refractivity contribution in [3.63, 3.8) is 0 Å². The number of benzene rings is 1. The molecule has 0 unspecified atom stereocenters. The number of nitrogens with zero attached hydrogens (tertiary/aromatic N) is 1. The predicted molar refractivity (Wildman–Crippen MR) is 75.5 cm³/mol. The molecule has 1 rings (SSSR count). The third kappa shape index (κ3) is 4.97. The number of carbonyl (C=O) groups is 1. The quantitative estimate of drug-likeness (QED) is 0.454. The van der Waals surface area contributed by atoms with Crippen molar-refractivity contribution in [1.82, 2.24) is 5.32 Å². The van der Waals surface area contributed by atoms with Gasteiger partial charge in [0.05, 0.1) is 4.92 Å². The number of hydrogen-bond acceptors (Lipinski definition) is 4. The number of aliphatic hydroxyl groups excluding tert-OH is 1. The summed E-state index contributed by atoms with van der Waals surface area (Å²) in [5, 5.41) is 22.5. The van der Waals surface area contributed by atoms with E-state index < -0.39 is 4.92 Å². The molecule has 1 amide bonds.